The first-order valence-corrected chi connectivity index (χ1v) is 8.05. The van der Waals surface area contributed by atoms with Crippen molar-refractivity contribution in [1.82, 2.24) is 0 Å². The van der Waals surface area contributed by atoms with Gasteiger partial charge in [0, 0.05) is 17.7 Å². The van der Waals surface area contributed by atoms with E-state index in [1.165, 1.54) is 10.8 Å². The Kier molecular flexibility index (Phi) is 3.99. The van der Waals surface area contributed by atoms with Gasteiger partial charge < -0.3 is 0 Å². The number of carbonyl (C=O) groups is 1. The summed E-state index contributed by atoms with van der Waals surface area (Å²) in [6, 6.07) is 18.5. The van der Waals surface area contributed by atoms with E-state index in [2.05, 4.69) is 40.2 Å². The lowest BCUT2D eigenvalue weighted by Gasteiger charge is -2.03. The third kappa shape index (κ3) is 3.17. The molecular weight excluding hydrogens is 332 g/mol. The van der Waals surface area contributed by atoms with Crippen LogP contribution in [0, 0.1) is 0 Å². The number of fused-ring (bicyclic) bond motifs is 1. The summed E-state index contributed by atoms with van der Waals surface area (Å²) in [5, 5.41) is 2.41. The van der Waals surface area contributed by atoms with Crippen LogP contribution in [0.25, 0.3) is 10.8 Å². The monoisotopic (exact) mass is 344 g/mol. The molecule has 0 atom stereocenters. The fraction of sp³-hybridized carbons (Fsp3) is 0.118. The van der Waals surface area contributed by atoms with E-state index < -0.39 is 0 Å². The maximum atomic E-state index is 12.1. The Bertz CT molecular complexity index is 760. The highest BCUT2D eigenvalue weighted by Gasteiger charge is 2.07. The molecule has 0 aliphatic rings. The number of Topliss-reactive ketones (excluding diaryl/α,β-unsaturated/α-hetero) is 1. The molecule has 3 rings (SSSR count). The number of benzene rings is 2. The molecule has 0 fully saturated rings. The van der Waals surface area contributed by atoms with Crippen molar-refractivity contribution in [2.75, 3.05) is 0 Å². The van der Waals surface area contributed by atoms with Gasteiger partial charge in [0.1, 0.15) is 5.78 Å². The van der Waals surface area contributed by atoms with Crippen molar-refractivity contribution in [2.24, 2.45) is 0 Å². The molecule has 0 saturated heterocycles. The van der Waals surface area contributed by atoms with Gasteiger partial charge in [-0.3, -0.25) is 4.79 Å². The van der Waals surface area contributed by atoms with Crippen LogP contribution in [0.5, 0.6) is 0 Å². The number of carbonyl (C=O) groups excluding carboxylic acids is 1. The van der Waals surface area contributed by atoms with Crippen LogP contribution in [-0.2, 0) is 17.6 Å². The van der Waals surface area contributed by atoms with Crippen molar-refractivity contribution < 1.29 is 4.79 Å². The largest absolute Gasteiger partial charge is 0.299 e. The van der Waals surface area contributed by atoms with E-state index >= 15 is 0 Å². The highest BCUT2D eigenvalue weighted by atomic mass is 79.9. The molecule has 0 aliphatic carbocycles. The molecule has 0 amide bonds. The maximum absolute atomic E-state index is 12.1. The lowest BCUT2D eigenvalue weighted by atomic mass is 10.0. The van der Waals surface area contributed by atoms with Crippen LogP contribution < -0.4 is 0 Å². The molecule has 0 N–H and O–H groups in total. The molecule has 20 heavy (non-hydrogen) atoms. The van der Waals surface area contributed by atoms with Crippen molar-refractivity contribution in [2.45, 2.75) is 12.8 Å². The Labute approximate surface area is 130 Å². The highest BCUT2D eigenvalue weighted by molar-refractivity contribution is 9.11. The Morgan fingerprint density at radius 1 is 0.950 bits per heavy atom. The predicted octanol–water partition coefficient (Wildman–Crippen LogP) is 5.02. The summed E-state index contributed by atoms with van der Waals surface area (Å²) in [7, 11) is 0. The van der Waals surface area contributed by atoms with Gasteiger partial charge in [-0.15, -0.1) is 11.3 Å². The maximum Gasteiger partial charge on any atom is 0.142 e. The molecule has 3 heteroatoms. The Balaban J connectivity index is 1.73. The summed E-state index contributed by atoms with van der Waals surface area (Å²) in [5.41, 5.74) is 1.09. The third-order valence-electron chi connectivity index (χ3n) is 3.22. The van der Waals surface area contributed by atoms with Gasteiger partial charge >= 0.3 is 0 Å². The first kappa shape index (κ1) is 13.5. The van der Waals surface area contributed by atoms with Crippen LogP contribution in [0.1, 0.15) is 10.4 Å². The molecule has 3 aromatic rings. The zero-order valence-electron chi connectivity index (χ0n) is 10.8. The Morgan fingerprint density at radius 2 is 1.75 bits per heavy atom. The van der Waals surface area contributed by atoms with Crippen molar-refractivity contribution in [3.63, 3.8) is 0 Å². The average Bonchev–Trinajstić information content (AvgIpc) is 2.83. The fourth-order valence-corrected chi connectivity index (χ4v) is 3.79. The van der Waals surface area contributed by atoms with Gasteiger partial charge in [0.25, 0.3) is 0 Å². The molecule has 1 aromatic heterocycles. The fourth-order valence-electron chi connectivity index (χ4n) is 2.28. The number of hydrogen-bond donors (Lipinski definition) is 0. The molecule has 0 saturated carbocycles. The first-order chi connectivity index (χ1) is 9.70. The van der Waals surface area contributed by atoms with E-state index in [-0.39, 0.29) is 5.78 Å². The quantitative estimate of drug-likeness (QED) is 0.649. The minimum absolute atomic E-state index is 0.259. The highest BCUT2D eigenvalue weighted by Crippen LogP contribution is 2.23. The van der Waals surface area contributed by atoms with Crippen molar-refractivity contribution >= 4 is 43.8 Å². The van der Waals surface area contributed by atoms with Crippen molar-refractivity contribution in [1.29, 1.82) is 0 Å². The van der Waals surface area contributed by atoms with Crippen LogP contribution in [0.2, 0.25) is 0 Å². The summed E-state index contributed by atoms with van der Waals surface area (Å²) in [5.74, 6) is 0.259. The molecule has 0 radical (unpaired) electrons. The average molecular weight is 345 g/mol. The zero-order chi connectivity index (χ0) is 13.9. The molecule has 100 valence electrons. The second kappa shape index (κ2) is 5.90. The van der Waals surface area contributed by atoms with Gasteiger partial charge in [-0.1, -0.05) is 42.5 Å². The summed E-state index contributed by atoms with van der Waals surface area (Å²) in [6.45, 7) is 0. The molecule has 1 nitrogen and oxygen atoms in total. The van der Waals surface area contributed by atoms with Gasteiger partial charge in [0.05, 0.1) is 3.79 Å². The number of rotatable bonds is 4. The smallest absolute Gasteiger partial charge is 0.142 e. The van der Waals surface area contributed by atoms with Gasteiger partial charge in [0.2, 0.25) is 0 Å². The second-order valence-corrected chi connectivity index (χ2v) is 7.33. The van der Waals surface area contributed by atoms with E-state index in [1.54, 1.807) is 11.3 Å². The minimum Gasteiger partial charge on any atom is -0.299 e. The predicted molar refractivity (Wildman–Crippen MR) is 88.4 cm³/mol. The Morgan fingerprint density at radius 3 is 2.50 bits per heavy atom. The summed E-state index contributed by atoms with van der Waals surface area (Å²) in [4.78, 5) is 13.2. The second-order valence-electron chi connectivity index (χ2n) is 4.78. The molecular formula is C17H13BrOS. The van der Waals surface area contributed by atoms with Crippen LogP contribution in [0.15, 0.2) is 58.4 Å². The molecule has 2 aromatic carbocycles. The van der Waals surface area contributed by atoms with Gasteiger partial charge in [0.15, 0.2) is 0 Å². The molecule has 0 unspecified atom stereocenters. The summed E-state index contributed by atoms with van der Waals surface area (Å²) in [6.07, 6.45) is 1.02. The van der Waals surface area contributed by atoms with E-state index in [9.17, 15) is 4.79 Å². The van der Waals surface area contributed by atoms with E-state index in [1.807, 2.05) is 30.3 Å². The van der Waals surface area contributed by atoms with Crippen LogP contribution in [-0.4, -0.2) is 5.78 Å². The number of hydrogen-bond acceptors (Lipinski definition) is 2. The molecule has 1 heterocycles. The lowest BCUT2D eigenvalue weighted by Crippen LogP contribution is -2.05. The van der Waals surface area contributed by atoms with E-state index in [0.29, 0.717) is 12.8 Å². The number of ketones is 1. The molecule has 0 spiro atoms. The van der Waals surface area contributed by atoms with E-state index in [0.717, 1.165) is 14.2 Å². The lowest BCUT2D eigenvalue weighted by molar-refractivity contribution is -0.117. The van der Waals surface area contributed by atoms with Crippen LogP contribution >= 0.6 is 27.3 Å². The standard InChI is InChI=1S/C17H13BrOS/c18-17-8-7-16(20-17)11-15(19)10-12-5-6-13-3-1-2-4-14(13)9-12/h1-9H,10-11H2. The third-order valence-corrected chi connectivity index (χ3v) is 4.84. The van der Waals surface area contributed by atoms with Crippen molar-refractivity contribution in [3.05, 3.63) is 68.8 Å². The first-order valence-electron chi connectivity index (χ1n) is 6.44. The van der Waals surface area contributed by atoms with Crippen molar-refractivity contribution in [3.8, 4) is 0 Å². The number of halogens is 1. The summed E-state index contributed by atoms with van der Waals surface area (Å²) >= 11 is 5.05. The minimum atomic E-state index is 0.259. The van der Waals surface area contributed by atoms with E-state index in [4.69, 9.17) is 0 Å². The SMILES string of the molecule is O=C(Cc1ccc2ccccc2c1)Cc1ccc(Br)s1. The van der Waals surface area contributed by atoms with Gasteiger partial charge in [-0.05, 0) is 44.4 Å². The number of thiophene rings is 1. The normalized spacial score (nSPS) is 10.8. The Hall–Kier alpha value is -1.45. The molecule has 0 bridgehead atoms. The molecule has 0 aliphatic heterocycles. The van der Waals surface area contributed by atoms with Gasteiger partial charge in [-0.25, -0.2) is 0 Å². The van der Waals surface area contributed by atoms with Crippen LogP contribution in [0.4, 0.5) is 0 Å². The topological polar surface area (TPSA) is 17.1 Å². The zero-order valence-corrected chi connectivity index (χ0v) is 13.2. The van der Waals surface area contributed by atoms with Crippen LogP contribution in [0.3, 0.4) is 0 Å². The van der Waals surface area contributed by atoms with Gasteiger partial charge in [-0.2, -0.15) is 0 Å². The summed E-state index contributed by atoms with van der Waals surface area (Å²) < 4.78 is 1.08.